The highest BCUT2D eigenvalue weighted by Gasteiger charge is 1.61. The van der Waals surface area contributed by atoms with E-state index >= 15 is 0 Å². The molecule has 0 amide bonds. The quantitative estimate of drug-likeness (QED) is 0.398. The first-order valence-electron chi connectivity index (χ1n) is 3.12. The van der Waals surface area contributed by atoms with Crippen LogP contribution >= 0.6 is 15.9 Å². The van der Waals surface area contributed by atoms with Crippen LogP contribution in [0.2, 0.25) is 0 Å². The summed E-state index contributed by atoms with van der Waals surface area (Å²) in [6, 6.07) is 0. The summed E-state index contributed by atoms with van der Waals surface area (Å²) >= 11 is 3.13. The van der Waals surface area contributed by atoms with E-state index in [0.717, 1.165) is 6.29 Å². The Morgan fingerprint density at radius 3 is 1.64 bits per heavy atom. The molecule has 0 aromatic rings. The number of hydrogen-bond acceptors (Lipinski definition) is 1. The van der Waals surface area contributed by atoms with Crippen molar-refractivity contribution in [2.24, 2.45) is 0 Å². The maximum absolute atomic E-state index is 9.78. The lowest BCUT2D eigenvalue weighted by Crippen LogP contribution is -1.55. The molecule has 0 aliphatic rings. The summed E-state index contributed by atoms with van der Waals surface area (Å²) in [7, 11) is 0. The number of rotatable bonds is 4. The van der Waals surface area contributed by atoms with Crippen molar-refractivity contribution < 1.29 is 4.79 Å². The Kier molecular flexibility index (Phi) is 8.37. The third kappa shape index (κ3) is 9.11. The fourth-order valence-corrected chi connectivity index (χ4v) is 0.584. The molecule has 0 heterocycles. The minimum atomic E-state index is 0.742. The van der Waals surface area contributed by atoms with Gasteiger partial charge in [-0.05, 0) is 11.1 Å². The average molecular weight is 213 g/mol. The molecule has 0 aromatic heterocycles. The minimum absolute atomic E-state index is 0.742. The van der Waals surface area contributed by atoms with Crippen molar-refractivity contribution in [3.8, 4) is 0 Å². The summed E-state index contributed by atoms with van der Waals surface area (Å²) in [6.07, 6.45) is 13.1. The first kappa shape index (κ1) is 10.1. The summed E-state index contributed by atoms with van der Waals surface area (Å²) in [5, 5.41) is 0. The van der Waals surface area contributed by atoms with E-state index in [1.54, 1.807) is 17.1 Å². The molecule has 0 bridgehead atoms. The van der Waals surface area contributed by atoms with Crippen LogP contribution in [0.15, 0.2) is 47.5 Å². The van der Waals surface area contributed by atoms with Crippen LogP contribution in [0.3, 0.4) is 0 Å². The Morgan fingerprint density at radius 1 is 0.727 bits per heavy atom. The first-order valence-corrected chi connectivity index (χ1v) is 4.04. The van der Waals surface area contributed by atoms with Gasteiger partial charge in [-0.25, -0.2) is 0 Å². The Labute approximate surface area is 74.9 Å². The number of carbonyl (C=O) groups excluding carboxylic acids is 1. The summed E-state index contributed by atoms with van der Waals surface area (Å²) in [4.78, 5) is 11.5. The van der Waals surface area contributed by atoms with Gasteiger partial charge in [0.05, 0.1) is 0 Å². The Hall–Kier alpha value is -0.890. The highest BCUT2D eigenvalue weighted by molar-refractivity contribution is 9.11. The van der Waals surface area contributed by atoms with Crippen molar-refractivity contribution in [2.45, 2.75) is 0 Å². The highest BCUT2D eigenvalue weighted by Crippen LogP contribution is 1.85. The summed E-state index contributed by atoms with van der Waals surface area (Å²) in [5.74, 6) is 0. The maximum atomic E-state index is 9.78. The van der Waals surface area contributed by atoms with E-state index in [2.05, 4.69) is 15.9 Å². The SMILES string of the molecule is O=C/C=C/C=C/C=C/C=C\Br. The molecule has 0 rings (SSSR count). The molecule has 58 valence electrons. The molecule has 0 spiro atoms. The Balaban J connectivity index is 3.59. The number of allylic oxidation sites excluding steroid dienone is 7. The standard InChI is InChI=1S/C9H9BrO/c10-8-6-4-2-1-3-5-7-9-11/h1-9H/b3-1+,4-2+,7-5+,8-6-. The predicted octanol–water partition coefficient (Wildman–Crippen LogP) is 2.76. The molecule has 11 heavy (non-hydrogen) atoms. The van der Waals surface area contributed by atoms with E-state index in [1.807, 2.05) is 24.3 Å². The second-order valence-electron chi connectivity index (χ2n) is 1.61. The van der Waals surface area contributed by atoms with Crippen molar-refractivity contribution in [1.29, 1.82) is 0 Å². The van der Waals surface area contributed by atoms with Gasteiger partial charge in [-0.15, -0.1) is 0 Å². The van der Waals surface area contributed by atoms with E-state index in [1.165, 1.54) is 6.08 Å². The molecular formula is C9H9BrO. The van der Waals surface area contributed by atoms with Crippen LogP contribution in [0.5, 0.6) is 0 Å². The van der Waals surface area contributed by atoms with E-state index < -0.39 is 0 Å². The first-order chi connectivity index (χ1) is 5.41. The molecule has 0 saturated carbocycles. The number of hydrogen-bond donors (Lipinski definition) is 0. The van der Waals surface area contributed by atoms with Crippen molar-refractivity contribution in [2.75, 3.05) is 0 Å². The fraction of sp³-hybridized carbons (Fsp3) is 0. The van der Waals surface area contributed by atoms with Gasteiger partial charge in [-0.1, -0.05) is 52.4 Å². The lowest BCUT2D eigenvalue weighted by Gasteiger charge is -1.70. The van der Waals surface area contributed by atoms with Crippen molar-refractivity contribution in [1.82, 2.24) is 0 Å². The van der Waals surface area contributed by atoms with Gasteiger partial charge in [0.1, 0.15) is 6.29 Å². The van der Waals surface area contributed by atoms with Crippen molar-refractivity contribution in [3.63, 3.8) is 0 Å². The predicted molar refractivity (Wildman–Crippen MR) is 51.6 cm³/mol. The van der Waals surface area contributed by atoms with Gasteiger partial charge in [0, 0.05) is 0 Å². The van der Waals surface area contributed by atoms with E-state index in [-0.39, 0.29) is 0 Å². The molecule has 0 aromatic carbocycles. The summed E-state index contributed by atoms with van der Waals surface area (Å²) in [5.41, 5.74) is 0. The molecule has 0 radical (unpaired) electrons. The largest absolute Gasteiger partial charge is 0.299 e. The molecular weight excluding hydrogens is 204 g/mol. The molecule has 0 unspecified atom stereocenters. The zero-order valence-corrected chi connectivity index (χ0v) is 7.57. The van der Waals surface area contributed by atoms with Crippen LogP contribution in [-0.2, 0) is 4.79 Å². The van der Waals surface area contributed by atoms with Gasteiger partial charge in [-0.2, -0.15) is 0 Å². The molecule has 0 saturated heterocycles. The maximum Gasteiger partial charge on any atom is 0.142 e. The number of halogens is 1. The monoisotopic (exact) mass is 212 g/mol. The zero-order valence-electron chi connectivity index (χ0n) is 5.98. The zero-order chi connectivity index (χ0) is 8.36. The van der Waals surface area contributed by atoms with E-state index in [4.69, 9.17) is 0 Å². The molecule has 0 aliphatic carbocycles. The minimum Gasteiger partial charge on any atom is -0.299 e. The normalized spacial score (nSPS) is 12.8. The number of aldehydes is 1. The third-order valence-corrected chi connectivity index (χ3v) is 1.12. The Bertz CT molecular complexity index is 200. The fourth-order valence-electron chi connectivity index (χ4n) is 0.408. The van der Waals surface area contributed by atoms with Gasteiger partial charge in [0.15, 0.2) is 0 Å². The van der Waals surface area contributed by atoms with Crippen LogP contribution in [0.1, 0.15) is 0 Å². The molecule has 1 nitrogen and oxygen atoms in total. The third-order valence-electron chi connectivity index (χ3n) is 0.818. The van der Waals surface area contributed by atoms with Crippen molar-refractivity contribution in [3.05, 3.63) is 47.5 Å². The highest BCUT2D eigenvalue weighted by atomic mass is 79.9. The van der Waals surface area contributed by atoms with Gasteiger partial charge in [-0.3, -0.25) is 4.79 Å². The van der Waals surface area contributed by atoms with E-state index in [9.17, 15) is 4.79 Å². The van der Waals surface area contributed by atoms with Gasteiger partial charge in [0.25, 0.3) is 0 Å². The van der Waals surface area contributed by atoms with Gasteiger partial charge >= 0.3 is 0 Å². The molecule has 0 fully saturated rings. The van der Waals surface area contributed by atoms with Crippen molar-refractivity contribution >= 4 is 22.2 Å². The molecule has 2 heteroatoms. The molecule has 0 N–H and O–H groups in total. The van der Waals surface area contributed by atoms with Gasteiger partial charge in [0.2, 0.25) is 0 Å². The second kappa shape index (κ2) is 9.11. The molecule has 0 aliphatic heterocycles. The summed E-state index contributed by atoms with van der Waals surface area (Å²) < 4.78 is 0. The average Bonchev–Trinajstić information content (AvgIpc) is 2.03. The van der Waals surface area contributed by atoms with E-state index in [0.29, 0.717) is 0 Å². The topological polar surface area (TPSA) is 17.1 Å². The van der Waals surface area contributed by atoms with Crippen LogP contribution in [0.4, 0.5) is 0 Å². The second-order valence-corrected chi connectivity index (χ2v) is 2.14. The van der Waals surface area contributed by atoms with Crippen LogP contribution in [0.25, 0.3) is 0 Å². The molecule has 0 atom stereocenters. The lowest BCUT2D eigenvalue weighted by atomic mass is 10.4. The summed E-state index contributed by atoms with van der Waals surface area (Å²) in [6.45, 7) is 0. The smallest absolute Gasteiger partial charge is 0.142 e. The number of carbonyl (C=O) groups is 1. The van der Waals surface area contributed by atoms with Gasteiger partial charge < -0.3 is 0 Å². The van der Waals surface area contributed by atoms with Crippen LogP contribution in [0, 0.1) is 0 Å². The Morgan fingerprint density at radius 2 is 1.18 bits per heavy atom. The van der Waals surface area contributed by atoms with Crippen LogP contribution in [-0.4, -0.2) is 6.29 Å². The lowest BCUT2D eigenvalue weighted by molar-refractivity contribution is -0.104. The van der Waals surface area contributed by atoms with Crippen LogP contribution < -0.4 is 0 Å².